The summed E-state index contributed by atoms with van der Waals surface area (Å²) in [4.78, 5) is 49.9. The van der Waals surface area contributed by atoms with E-state index in [1.54, 1.807) is 6.08 Å². The third-order valence-corrected chi connectivity index (χ3v) is 6.96. The van der Waals surface area contributed by atoms with Gasteiger partial charge in [-0.1, -0.05) is 6.08 Å². The lowest BCUT2D eigenvalue weighted by Gasteiger charge is -2.51. The van der Waals surface area contributed by atoms with E-state index in [0.717, 1.165) is 0 Å². The Labute approximate surface area is 150 Å². The van der Waals surface area contributed by atoms with Crippen LogP contribution in [0.2, 0.25) is 0 Å². The van der Waals surface area contributed by atoms with E-state index in [2.05, 4.69) is 0 Å². The first-order chi connectivity index (χ1) is 12.3. The highest BCUT2D eigenvalue weighted by Gasteiger charge is 2.59. The Morgan fingerprint density at radius 1 is 0.962 bits per heavy atom. The van der Waals surface area contributed by atoms with Gasteiger partial charge in [-0.25, -0.2) is 0 Å². The minimum absolute atomic E-state index is 0.0672. The summed E-state index contributed by atoms with van der Waals surface area (Å²) >= 11 is 0. The van der Waals surface area contributed by atoms with Gasteiger partial charge in [-0.15, -0.1) is 0 Å². The molecule has 3 saturated carbocycles. The summed E-state index contributed by atoms with van der Waals surface area (Å²) < 4.78 is 0. The number of hydrogen-bond acceptors (Lipinski definition) is 6. The molecule has 4 aliphatic carbocycles. The second kappa shape index (κ2) is 6.09. The number of carbonyl (C=O) groups is 4. The van der Waals surface area contributed by atoms with Gasteiger partial charge in [-0.3, -0.25) is 19.2 Å². The second-order valence-electron chi connectivity index (χ2n) is 8.30. The number of fused-ring (bicyclic) bond motifs is 3. The fourth-order valence-corrected chi connectivity index (χ4v) is 5.92. The molecule has 140 valence electrons. The van der Waals surface area contributed by atoms with Gasteiger partial charge in [0.15, 0.2) is 11.6 Å². The number of primary amides is 1. The first kappa shape index (κ1) is 17.5. The topological polar surface area (TPSA) is 135 Å². The van der Waals surface area contributed by atoms with Gasteiger partial charge >= 0.3 is 0 Å². The first-order valence-electron chi connectivity index (χ1n) is 9.24. The molecule has 0 aliphatic heterocycles. The SMILES string of the molecule is NC(=O)C1C(O)CC2CC3CC4CC=CC(=O)C4C(=O)C3C(=O)C2C1O. The molecule has 0 radical (unpaired) electrons. The lowest BCUT2D eigenvalue weighted by molar-refractivity contribution is -0.166. The van der Waals surface area contributed by atoms with Crippen molar-refractivity contribution in [3.63, 3.8) is 0 Å². The molecular formula is C19H23NO6. The summed E-state index contributed by atoms with van der Waals surface area (Å²) in [7, 11) is 0. The molecule has 0 saturated heterocycles. The number of aliphatic hydroxyl groups excluding tert-OH is 2. The van der Waals surface area contributed by atoms with E-state index in [4.69, 9.17) is 5.73 Å². The van der Waals surface area contributed by atoms with Gasteiger partial charge < -0.3 is 15.9 Å². The normalized spacial score (nSPS) is 47.8. The van der Waals surface area contributed by atoms with E-state index in [1.807, 2.05) is 0 Å². The Bertz CT molecular complexity index is 715. The lowest BCUT2D eigenvalue weighted by Crippen LogP contribution is -2.61. The van der Waals surface area contributed by atoms with E-state index in [-0.39, 0.29) is 41.5 Å². The molecule has 0 aromatic heterocycles. The third-order valence-electron chi connectivity index (χ3n) is 6.96. The number of Topliss-reactive ketones (excluding diaryl/α,β-unsaturated/α-hetero) is 2. The Kier molecular flexibility index (Phi) is 4.11. The number of rotatable bonds is 1. The van der Waals surface area contributed by atoms with Crippen LogP contribution >= 0.6 is 0 Å². The molecule has 0 heterocycles. The fourth-order valence-electron chi connectivity index (χ4n) is 5.92. The zero-order valence-corrected chi connectivity index (χ0v) is 14.3. The predicted molar refractivity (Wildman–Crippen MR) is 88.3 cm³/mol. The maximum absolute atomic E-state index is 13.1. The zero-order chi connectivity index (χ0) is 18.7. The van der Waals surface area contributed by atoms with Crippen LogP contribution in [0.4, 0.5) is 0 Å². The van der Waals surface area contributed by atoms with Crippen molar-refractivity contribution in [2.24, 2.45) is 47.2 Å². The van der Waals surface area contributed by atoms with Crippen LogP contribution in [0.3, 0.4) is 0 Å². The van der Waals surface area contributed by atoms with Crippen molar-refractivity contribution in [1.82, 2.24) is 0 Å². The van der Waals surface area contributed by atoms with E-state index in [0.29, 0.717) is 19.3 Å². The molecule has 4 N–H and O–H groups in total. The molecule has 4 rings (SSSR count). The Balaban J connectivity index is 1.66. The van der Waals surface area contributed by atoms with Crippen molar-refractivity contribution >= 4 is 23.3 Å². The maximum Gasteiger partial charge on any atom is 0.225 e. The standard InChI is InChI=1S/C19H23NO6/c20-19(26)15-11(22)6-9-5-8-4-7-2-1-3-10(21)12(7)16(23)13(8)17(24)14(9)18(15)25/h1,3,7-9,11-15,18,22,25H,2,4-6H2,(H2,20,26). The summed E-state index contributed by atoms with van der Waals surface area (Å²) in [5.74, 6) is -6.07. The third kappa shape index (κ3) is 2.41. The number of amides is 1. The molecule has 26 heavy (non-hydrogen) atoms. The Morgan fingerprint density at radius 2 is 1.65 bits per heavy atom. The molecule has 7 heteroatoms. The fraction of sp³-hybridized carbons (Fsp3) is 0.684. The Morgan fingerprint density at radius 3 is 2.35 bits per heavy atom. The smallest absolute Gasteiger partial charge is 0.225 e. The number of carbonyl (C=O) groups excluding carboxylic acids is 4. The number of nitrogens with two attached hydrogens (primary N) is 1. The molecule has 1 amide bonds. The van der Waals surface area contributed by atoms with E-state index in [9.17, 15) is 29.4 Å². The summed E-state index contributed by atoms with van der Waals surface area (Å²) in [5.41, 5.74) is 5.29. The molecule has 4 aliphatic rings. The summed E-state index contributed by atoms with van der Waals surface area (Å²) in [5, 5.41) is 20.8. The highest BCUT2D eigenvalue weighted by molar-refractivity contribution is 6.16. The van der Waals surface area contributed by atoms with E-state index in [1.165, 1.54) is 6.08 Å². The molecule has 0 spiro atoms. The minimum atomic E-state index is -1.39. The Hall–Kier alpha value is -1.86. The molecule has 0 bridgehead atoms. The molecule has 0 aromatic rings. The molecular weight excluding hydrogens is 338 g/mol. The van der Waals surface area contributed by atoms with Gasteiger partial charge in [0.1, 0.15) is 5.78 Å². The summed E-state index contributed by atoms with van der Waals surface area (Å²) in [6.07, 6.45) is 2.77. The van der Waals surface area contributed by atoms with Crippen molar-refractivity contribution in [2.45, 2.75) is 37.9 Å². The van der Waals surface area contributed by atoms with Gasteiger partial charge in [0, 0.05) is 5.92 Å². The summed E-state index contributed by atoms with van der Waals surface area (Å²) in [6, 6.07) is 0. The van der Waals surface area contributed by atoms with Crippen LogP contribution in [-0.4, -0.2) is 45.7 Å². The number of hydrogen-bond donors (Lipinski definition) is 3. The van der Waals surface area contributed by atoms with Crippen LogP contribution in [-0.2, 0) is 19.2 Å². The molecule has 7 nitrogen and oxygen atoms in total. The first-order valence-corrected chi connectivity index (χ1v) is 9.24. The number of allylic oxidation sites excluding steroid dienone is 2. The van der Waals surface area contributed by atoms with Crippen molar-refractivity contribution in [1.29, 1.82) is 0 Å². The van der Waals surface area contributed by atoms with Crippen molar-refractivity contribution in [2.75, 3.05) is 0 Å². The molecule has 9 atom stereocenters. The second-order valence-corrected chi connectivity index (χ2v) is 8.30. The highest BCUT2D eigenvalue weighted by atomic mass is 16.3. The average molecular weight is 361 g/mol. The van der Waals surface area contributed by atoms with Gasteiger partial charge in [-0.2, -0.15) is 0 Å². The van der Waals surface area contributed by atoms with Gasteiger partial charge in [0.2, 0.25) is 5.91 Å². The highest BCUT2D eigenvalue weighted by Crippen LogP contribution is 2.51. The summed E-state index contributed by atoms with van der Waals surface area (Å²) in [6.45, 7) is 0. The monoisotopic (exact) mass is 361 g/mol. The van der Waals surface area contributed by atoms with E-state index >= 15 is 0 Å². The number of ketones is 3. The lowest BCUT2D eigenvalue weighted by atomic mass is 9.52. The largest absolute Gasteiger partial charge is 0.392 e. The quantitative estimate of drug-likeness (QED) is 0.533. The zero-order valence-electron chi connectivity index (χ0n) is 14.3. The van der Waals surface area contributed by atoms with Crippen LogP contribution in [0.5, 0.6) is 0 Å². The van der Waals surface area contributed by atoms with Crippen molar-refractivity contribution < 1.29 is 29.4 Å². The van der Waals surface area contributed by atoms with Crippen LogP contribution in [0, 0.1) is 41.4 Å². The van der Waals surface area contributed by atoms with Crippen LogP contribution in [0.1, 0.15) is 25.7 Å². The van der Waals surface area contributed by atoms with Crippen LogP contribution in [0.15, 0.2) is 12.2 Å². The van der Waals surface area contributed by atoms with Gasteiger partial charge in [0.05, 0.1) is 30.0 Å². The van der Waals surface area contributed by atoms with Crippen LogP contribution in [0.25, 0.3) is 0 Å². The van der Waals surface area contributed by atoms with Crippen LogP contribution < -0.4 is 5.73 Å². The molecule has 0 aromatic carbocycles. The van der Waals surface area contributed by atoms with Gasteiger partial charge in [0.25, 0.3) is 0 Å². The molecule has 3 fully saturated rings. The average Bonchev–Trinajstić information content (AvgIpc) is 2.53. The molecule has 9 unspecified atom stereocenters. The predicted octanol–water partition coefficient (Wildman–Crippen LogP) is -0.615. The van der Waals surface area contributed by atoms with Gasteiger partial charge in [-0.05, 0) is 49.5 Å². The van der Waals surface area contributed by atoms with E-state index < -0.39 is 41.8 Å². The van der Waals surface area contributed by atoms with Crippen molar-refractivity contribution in [3.8, 4) is 0 Å². The van der Waals surface area contributed by atoms with Crippen molar-refractivity contribution in [3.05, 3.63) is 12.2 Å². The maximum atomic E-state index is 13.1. The number of aliphatic hydroxyl groups is 2. The minimum Gasteiger partial charge on any atom is -0.392 e.